The molecule has 1 N–H and O–H groups in total. The number of nitrogens with one attached hydrogen (secondary N) is 1. The fraction of sp³-hybridized carbons (Fsp3) is 0.348. The summed E-state index contributed by atoms with van der Waals surface area (Å²) in [5.41, 5.74) is 2.11. The minimum absolute atomic E-state index is 0.174. The van der Waals surface area contributed by atoms with Gasteiger partial charge in [0.25, 0.3) is 5.91 Å². The van der Waals surface area contributed by atoms with E-state index in [9.17, 15) is 4.79 Å². The zero-order valence-corrected chi connectivity index (χ0v) is 16.8. The van der Waals surface area contributed by atoms with E-state index in [1.54, 1.807) is 6.26 Å². The van der Waals surface area contributed by atoms with Gasteiger partial charge in [-0.2, -0.15) is 0 Å². The van der Waals surface area contributed by atoms with Crippen molar-refractivity contribution < 1.29 is 13.6 Å². The molecule has 1 saturated heterocycles. The van der Waals surface area contributed by atoms with E-state index in [-0.39, 0.29) is 11.7 Å². The van der Waals surface area contributed by atoms with Gasteiger partial charge in [-0.05, 0) is 37.1 Å². The summed E-state index contributed by atoms with van der Waals surface area (Å²) in [6.07, 6.45) is 6.89. The lowest BCUT2D eigenvalue weighted by atomic mass is 10.2. The van der Waals surface area contributed by atoms with Crippen LogP contribution >= 0.6 is 0 Å². The molecule has 0 saturated carbocycles. The van der Waals surface area contributed by atoms with Crippen LogP contribution in [0.1, 0.15) is 42.1 Å². The zero-order chi connectivity index (χ0) is 20.3. The number of carbonyl (C=O) groups excluding carboxylic acids is 1. The first kappa shape index (κ1) is 18.7. The largest absolute Gasteiger partial charge is 0.469 e. The first-order valence-electron chi connectivity index (χ1n) is 10.5. The Balaban J connectivity index is 1.50. The van der Waals surface area contributed by atoms with Gasteiger partial charge in [-0.25, -0.2) is 9.97 Å². The first-order valence-corrected chi connectivity index (χ1v) is 10.5. The van der Waals surface area contributed by atoms with E-state index >= 15 is 0 Å². The normalized spacial score (nSPS) is 14.9. The Kier molecular flexibility index (Phi) is 5.09. The predicted octanol–water partition coefficient (Wildman–Crippen LogP) is 4.32. The van der Waals surface area contributed by atoms with Crippen LogP contribution in [0.4, 0.5) is 5.82 Å². The molecule has 30 heavy (non-hydrogen) atoms. The van der Waals surface area contributed by atoms with Crippen LogP contribution in [-0.2, 0) is 6.42 Å². The second-order valence-electron chi connectivity index (χ2n) is 7.63. The maximum absolute atomic E-state index is 12.9. The summed E-state index contributed by atoms with van der Waals surface area (Å²) >= 11 is 0. The molecule has 7 nitrogen and oxygen atoms in total. The molecule has 1 aromatic carbocycles. The number of benzene rings is 1. The minimum Gasteiger partial charge on any atom is -0.469 e. The van der Waals surface area contributed by atoms with Crippen LogP contribution in [-0.4, -0.2) is 35.5 Å². The van der Waals surface area contributed by atoms with E-state index < -0.39 is 0 Å². The number of rotatable bonds is 5. The number of aromatic nitrogens is 2. The number of carbonyl (C=O) groups is 1. The third-order valence-electron chi connectivity index (χ3n) is 5.55. The highest BCUT2D eigenvalue weighted by Crippen LogP contribution is 2.33. The molecule has 0 unspecified atom stereocenters. The van der Waals surface area contributed by atoms with Gasteiger partial charge in [0.1, 0.15) is 16.9 Å². The third-order valence-corrected chi connectivity index (χ3v) is 5.55. The van der Waals surface area contributed by atoms with Crippen molar-refractivity contribution in [1.82, 2.24) is 15.3 Å². The number of hydrogen-bond donors (Lipinski definition) is 1. The summed E-state index contributed by atoms with van der Waals surface area (Å²) in [5, 5.41) is 3.81. The molecule has 7 heteroatoms. The van der Waals surface area contributed by atoms with Crippen molar-refractivity contribution in [2.24, 2.45) is 0 Å². The molecule has 5 rings (SSSR count). The van der Waals surface area contributed by atoms with E-state index in [0.717, 1.165) is 42.7 Å². The second kappa shape index (κ2) is 8.18. The van der Waals surface area contributed by atoms with Crippen molar-refractivity contribution >= 4 is 33.8 Å². The van der Waals surface area contributed by atoms with Crippen LogP contribution in [0.2, 0.25) is 0 Å². The smallest absolute Gasteiger partial charge is 0.289 e. The Hall–Kier alpha value is -3.35. The van der Waals surface area contributed by atoms with Crippen LogP contribution in [0.25, 0.3) is 22.1 Å². The van der Waals surface area contributed by atoms with E-state index in [1.165, 1.54) is 12.8 Å². The fourth-order valence-electron chi connectivity index (χ4n) is 4.01. The lowest BCUT2D eigenvalue weighted by Crippen LogP contribution is -2.30. The van der Waals surface area contributed by atoms with Gasteiger partial charge >= 0.3 is 0 Å². The average molecular weight is 404 g/mol. The van der Waals surface area contributed by atoms with E-state index in [1.807, 2.05) is 36.4 Å². The van der Waals surface area contributed by atoms with Crippen molar-refractivity contribution in [2.75, 3.05) is 24.5 Å². The Morgan fingerprint density at radius 3 is 2.67 bits per heavy atom. The second-order valence-corrected chi connectivity index (χ2v) is 7.63. The maximum Gasteiger partial charge on any atom is 0.289 e. The number of amides is 1. The molecule has 1 fully saturated rings. The minimum atomic E-state index is -0.287. The highest BCUT2D eigenvalue weighted by molar-refractivity contribution is 6.07. The SMILES string of the molecule is O=C(NCCc1ccco1)c1nc(N2CCCCCC2)c2oc3ccccc3c2n1. The molecule has 0 aliphatic carbocycles. The van der Waals surface area contributed by atoms with Crippen LogP contribution < -0.4 is 10.2 Å². The maximum atomic E-state index is 12.9. The summed E-state index contributed by atoms with van der Waals surface area (Å²) < 4.78 is 11.5. The highest BCUT2D eigenvalue weighted by Gasteiger charge is 2.23. The van der Waals surface area contributed by atoms with Crippen molar-refractivity contribution in [1.29, 1.82) is 0 Å². The molecule has 0 atom stereocenters. The number of para-hydroxylation sites is 1. The van der Waals surface area contributed by atoms with Gasteiger partial charge in [0, 0.05) is 31.4 Å². The molecule has 1 amide bonds. The fourth-order valence-corrected chi connectivity index (χ4v) is 4.01. The van der Waals surface area contributed by atoms with Gasteiger partial charge in [-0.3, -0.25) is 4.79 Å². The van der Waals surface area contributed by atoms with Crippen molar-refractivity contribution in [3.63, 3.8) is 0 Å². The lowest BCUT2D eigenvalue weighted by Gasteiger charge is -2.21. The first-order chi connectivity index (χ1) is 14.8. The van der Waals surface area contributed by atoms with Gasteiger partial charge in [-0.15, -0.1) is 0 Å². The van der Waals surface area contributed by atoms with Gasteiger partial charge < -0.3 is 19.1 Å². The van der Waals surface area contributed by atoms with Crippen LogP contribution in [0.3, 0.4) is 0 Å². The van der Waals surface area contributed by atoms with Gasteiger partial charge in [-0.1, -0.05) is 25.0 Å². The molecule has 4 heterocycles. The standard InChI is InChI=1S/C23H24N4O3/c28-23(24-12-11-16-8-7-15-29-16)21-25-19-17-9-3-4-10-18(17)30-20(19)22(26-21)27-13-5-1-2-6-14-27/h3-4,7-10,15H,1-2,5-6,11-14H2,(H,24,28). The van der Waals surface area contributed by atoms with Crippen molar-refractivity contribution in [3.8, 4) is 0 Å². The summed E-state index contributed by atoms with van der Waals surface area (Å²) in [7, 11) is 0. The van der Waals surface area contributed by atoms with Crippen molar-refractivity contribution in [2.45, 2.75) is 32.1 Å². The topological polar surface area (TPSA) is 84.4 Å². The van der Waals surface area contributed by atoms with Crippen LogP contribution in [0.5, 0.6) is 0 Å². The lowest BCUT2D eigenvalue weighted by molar-refractivity contribution is 0.0943. The summed E-state index contributed by atoms with van der Waals surface area (Å²) in [6.45, 7) is 2.27. The highest BCUT2D eigenvalue weighted by atomic mass is 16.3. The number of furan rings is 2. The molecule has 4 aromatic rings. The zero-order valence-electron chi connectivity index (χ0n) is 16.8. The third kappa shape index (κ3) is 3.63. The van der Waals surface area contributed by atoms with Crippen LogP contribution in [0.15, 0.2) is 51.5 Å². The molecular formula is C23H24N4O3. The monoisotopic (exact) mass is 404 g/mol. The van der Waals surface area contributed by atoms with Crippen molar-refractivity contribution in [3.05, 3.63) is 54.2 Å². The average Bonchev–Trinajstić information content (AvgIpc) is 3.33. The van der Waals surface area contributed by atoms with E-state index in [0.29, 0.717) is 29.9 Å². The van der Waals surface area contributed by atoms with Gasteiger partial charge in [0.05, 0.1) is 6.26 Å². The number of anilines is 1. The van der Waals surface area contributed by atoms with Gasteiger partial charge in [0.15, 0.2) is 11.4 Å². The van der Waals surface area contributed by atoms with E-state index in [2.05, 4.69) is 20.2 Å². The quantitative estimate of drug-likeness (QED) is 0.533. The summed E-state index contributed by atoms with van der Waals surface area (Å²) in [6, 6.07) is 11.5. The Morgan fingerprint density at radius 1 is 1.03 bits per heavy atom. The van der Waals surface area contributed by atoms with Gasteiger partial charge in [0.2, 0.25) is 5.82 Å². The van der Waals surface area contributed by atoms with E-state index in [4.69, 9.17) is 8.83 Å². The predicted molar refractivity (Wildman–Crippen MR) is 115 cm³/mol. The molecule has 154 valence electrons. The number of fused-ring (bicyclic) bond motifs is 3. The summed E-state index contributed by atoms with van der Waals surface area (Å²) in [5.74, 6) is 1.43. The molecule has 3 aromatic heterocycles. The molecule has 1 aliphatic rings. The molecule has 0 bridgehead atoms. The van der Waals surface area contributed by atoms with Crippen LogP contribution in [0, 0.1) is 0 Å². The number of nitrogens with zero attached hydrogens (tertiary/aromatic N) is 3. The number of hydrogen-bond acceptors (Lipinski definition) is 6. The Labute approximate surface area is 174 Å². The Bertz CT molecular complexity index is 1160. The summed E-state index contributed by atoms with van der Waals surface area (Å²) in [4.78, 5) is 24.4. The molecule has 0 radical (unpaired) electrons. The Morgan fingerprint density at radius 2 is 1.87 bits per heavy atom. The molecule has 0 spiro atoms. The molecule has 1 aliphatic heterocycles. The molecular weight excluding hydrogens is 380 g/mol.